The largest absolute Gasteiger partial charge is 0.422 e. The Morgan fingerprint density at radius 2 is 1.53 bits per heavy atom. The lowest BCUT2D eigenvalue weighted by Gasteiger charge is -2.04. The molecule has 0 unspecified atom stereocenters. The van der Waals surface area contributed by atoms with Gasteiger partial charge in [-0.25, -0.2) is 4.79 Å². The van der Waals surface area contributed by atoms with Gasteiger partial charge in [0.2, 0.25) is 0 Å². The van der Waals surface area contributed by atoms with Gasteiger partial charge < -0.3 is 4.42 Å². The Kier molecular flexibility index (Phi) is 2.71. The van der Waals surface area contributed by atoms with Gasteiger partial charge in [-0.15, -0.1) is 0 Å². The average Bonchev–Trinajstić information content (AvgIpc) is 2.38. The Labute approximate surface area is 111 Å². The maximum Gasteiger partial charge on any atom is 0.344 e. The molecule has 0 aliphatic heterocycles. The van der Waals surface area contributed by atoms with Crippen LogP contribution in [0.3, 0.4) is 0 Å². The first kappa shape index (κ1) is 11.7. The molecule has 94 valence electrons. The van der Waals surface area contributed by atoms with Crippen molar-refractivity contribution < 1.29 is 4.42 Å². The highest BCUT2D eigenvalue weighted by Gasteiger charge is 2.06. The van der Waals surface area contributed by atoms with Gasteiger partial charge in [0.25, 0.3) is 0 Å². The van der Waals surface area contributed by atoms with Crippen molar-refractivity contribution in [3.8, 4) is 11.3 Å². The summed E-state index contributed by atoms with van der Waals surface area (Å²) in [4.78, 5) is 12.0. The minimum absolute atomic E-state index is 0.284. The first-order chi connectivity index (χ1) is 9.13. The summed E-state index contributed by atoms with van der Waals surface area (Å²) in [6, 6.07) is 15.6. The molecule has 1 heterocycles. The zero-order chi connectivity index (χ0) is 13.4. The average molecular weight is 250 g/mol. The van der Waals surface area contributed by atoms with Gasteiger partial charge in [0.15, 0.2) is 0 Å². The molecule has 3 rings (SSSR count). The molecule has 2 nitrogen and oxygen atoms in total. The van der Waals surface area contributed by atoms with Crippen molar-refractivity contribution in [3.05, 3.63) is 70.1 Å². The Hall–Kier alpha value is -2.35. The maximum atomic E-state index is 12.0. The lowest BCUT2D eigenvalue weighted by Crippen LogP contribution is -2.00. The van der Waals surface area contributed by atoms with E-state index in [2.05, 4.69) is 0 Å². The lowest BCUT2D eigenvalue weighted by molar-refractivity contribution is 0.534. The SMILES string of the molecule is Cc1ccc(-c2cc3cc(C)ccc3c(=O)o2)cc1. The molecule has 0 aliphatic rings. The molecule has 3 aromatic rings. The van der Waals surface area contributed by atoms with E-state index < -0.39 is 0 Å². The van der Waals surface area contributed by atoms with E-state index in [0.717, 1.165) is 16.5 Å². The van der Waals surface area contributed by atoms with Crippen LogP contribution in [0.2, 0.25) is 0 Å². The van der Waals surface area contributed by atoms with E-state index >= 15 is 0 Å². The second-order valence-electron chi connectivity index (χ2n) is 4.85. The molecular weight excluding hydrogens is 236 g/mol. The molecule has 2 heteroatoms. The molecule has 0 radical (unpaired) electrons. The van der Waals surface area contributed by atoms with E-state index in [1.807, 2.05) is 62.4 Å². The van der Waals surface area contributed by atoms with E-state index in [-0.39, 0.29) is 5.63 Å². The first-order valence-electron chi connectivity index (χ1n) is 6.25. The summed E-state index contributed by atoms with van der Waals surface area (Å²) < 4.78 is 5.40. The molecule has 0 atom stereocenters. The highest BCUT2D eigenvalue weighted by Crippen LogP contribution is 2.23. The predicted octanol–water partition coefficient (Wildman–Crippen LogP) is 4.08. The Balaban J connectivity index is 2.25. The Morgan fingerprint density at radius 3 is 2.26 bits per heavy atom. The van der Waals surface area contributed by atoms with Gasteiger partial charge in [-0.2, -0.15) is 0 Å². The maximum absolute atomic E-state index is 12.0. The van der Waals surface area contributed by atoms with Gasteiger partial charge in [-0.1, -0.05) is 47.5 Å². The van der Waals surface area contributed by atoms with Crippen LogP contribution in [-0.2, 0) is 0 Å². The fraction of sp³-hybridized carbons (Fsp3) is 0.118. The molecule has 0 fully saturated rings. The summed E-state index contributed by atoms with van der Waals surface area (Å²) in [7, 11) is 0. The smallest absolute Gasteiger partial charge is 0.344 e. The van der Waals surface area contributed by atoms with Crippen LogP contribution in [0.25, 0.3) is 22.1 Å². The van der Waals surface area contributed by atoms with E-state index in [4.69, 9.17) is 4.42 Å². The highest BCUT2D eigenvalue weighted by molar-refractivity contribution is 5.84. The number of hydrogen-bond acceptors (Lipinski definition) is 2. The normalized spacial score (nSPS) is 10.8. The van der Waals surface area contributed by atoms with Crippen molar-refractivity contribution >= 4 is 10.8 Å². The van der Waals surface area contributed by atoms with Crippen LogP contribution in [0, 0.1) is 13.8 Å². The van der Waals surface area contributed by atoms with Crippen LogP contribution in [0.5, 0.6) is 0 Å². The molecule has 0 saturated heterocycles. The molecule has 0 aliphatic carbocycles. The van der Waals surface area contributed by atoms with Crippen molar-refractivity contribution in [2.24, 2.45) is 0 Å². The quantitative estimate of drug-likeness (QED) is 0.651. The van der Waals surface area contributed by atoms with Crippen LogP contribution in [0.1, 0.15) is 11.1 Å². The minimum atomic E-state index is -0.284. The zero-order valence-electron chi connectivity index (χ0n) is 10.9. The van der Waals surface area contributed by atoms with Gasteiger partial charge in [0.05, 0.1) is 5.39 Å². The summed E-state index contributed by atoms with van der Waals surface area (Å²) in [5.74, 6) is 0.614. The topological polar surface area (TPSA) is 30.2 Å². The number of aryl methyl sites for hydroxylation is 2. The molecule has 0 amide bonds. The molecule has 1 aromatic heterocycles. The van der Waals surface area contributed by atoms with Crippen molar-refractivity contribution in [1.29, 1.82) is 0 Å². The molecule has 19 heavy (non-hydrogen) atoms. The Morgan fingerprint density at radius 1 is 0.842 bits per heavy atom. The van der Waals surface area contributed by atoms with Gasteiger partial charge in [-0.05, 0) is 31.4 Å². The predicted molar refractivity (Wildman–Crippen MR) is 77.4 cm³/mol. The highest BCUT2D eigenvalue weighted by atomic mass is 16.4. The van der Waals surface area contributed by atoms with Gasteiger partial charge >= 0.3 is 5.63 Å². The molecular formula is C17H14O2. The second kappa shape index (κ2) is 4.39. The number of fused-ring (bicyclic) bond motifs is 1. The molecule has 0 saturated carbocycles. The fourth-order valence-corrected chi connectivity index (χ4v) is 2.17. The molecule has 0 spiro atoms. The van der Waals surface area contributed by atoms with Gasteiger partial charge in [0, 0.05) is 5.56 Å². The molecule has 0 bridgehead atoms. The van der Waals surface area contributed by atoms with Crippen LogP contribution in [0.4, 0.5) is 0 Å². The van der Waals surface area contributed by atoms with Crippen molar-refractivity contribution in [1.82, 2.24) is 0 Å². The number of benzene rings is 2. The second-order valence-corrected chi connectivity index (χ2v) is 4.85. The van der Waals surface area contributed by atoms with E-state index in [1.165, 1.54) is 5.56 Å². The standard InChI is InChI=1S/C17H14O2/c1-11-3-6-13(7-4-11)16-10-14-9-12(2)5-8-15(14)17(18)19-16/h3-10H,1-2H3. The first-order valence-corrected chi connectivity index (χ1v) is 6.25. The van der Waals surface area contributed by atoms with Crippen LogP contribution >= 0.6 is 0 Å². The summed E-state index contributed by atoms with van der Waals surface area (Å²) in [6.07, 6.45) is 0. The van der Waals surface area contributed by atoms with Gasteiger partial charge in [-0.3, -0.25) is 0 Å². The van der Waals surface area contributed by atoms with Crippen molar-refractivity contribution in [3.63, 3.8) is 0 Å². The van der Waals surface area contributed by atoms with Crippen LogP contribution < -0.4 is 5.63 Å². The zero-order valence-corrected chi connectivity index (χ0v) is 10.9. The van der Waals surface area contributed by atoms with Crippen LogP contribution in [-0.4, -0.2) is 0 Å². The molecule has 2 aromatic carbocycles. The third-order valence-corrected chi connectivity index (χ3v) is 3.25. The van der Waals surface area contributed by atoms with Crippen molar-refractivity contribution in [2.75, 3.05) is 0 Å². The third kappa shape index (κ3) is 2.17. The third-order valence-electron chi connectivity index (χ3n) is 3.25. The number of rotatable bonds is 1. The summed E-state index contributed by atoms with van der Waals surface area (Å²) in [6.45, 7) is 4.04. The van der Waals surface area contributed by atoms with Crippen molar-refractivity contribution in [2.45, 2.75) is 13.8 Å². The Bertz CT molecular complexity index is 796. The van der Waals surface area contributed by atoms with E-state index in [9.17, 15) is 4.79 Å². The van der Waals surface area contributed by atoms with E-state index in [0.29, 0.717) is 11.1 Å². The van der Waals surface area contributed by atoms with Crippen LogP contribution in [0.15, 0.2) is 57.7 Å². The monoisotopic (exact) mass is 250 g/mol. The summed E-state index contributed by atoms with van der Waals surface area (Å²) >= 11 is 0. The van der Waals surface area contributed by atoms with E-state index in [1.54, 1.807) is 0 Å². The fourth-order valence-electron chi connectivity index (χ4n) is 2.17. The summed E-state index contributed by atoms with van der Waals surface area (Å²) in [5.41, 5.74) is 2.95. The summed E-state index contributed by atoms with van der Waals surface area (Å²) in [5, 5.41) is 1.55. The molecule has 0 N–H and O–H groups in total. The van der Waals surface area contributed by atoms with Gasteiger partial charge in [0.1, 0.15) is 5.76 Å². The minimum Gasteiger partial charge on any atom is -0.422 e. The lowest BCUT2D eigenvalue weighted by atomic mass is 10.1. The number of hydrogen-bond donors (Lipinski definition) is 0.